The number of benzene rings is 2. The topological polar surface area (TPSA) is 126 Å². The molecule has 0 aliphatic heterocycles. The highest BCUT2D eigenvalue weighted by Crippen LogP contribution is 2.29. The van der Waals surface area contributed by atoms with Gasteiger partial charge in [-0.1, -0.05) is 23.7 Å². The second-order valence-electron chi connectivity index (χ2n) is 5.24. The van der Waals surface area contributed by atoms with Crippen LogP contribution in [0, 0.1) is 0 Å². The number of hydrogen-bond acceptors (Lipinski definition) is 6. The Morgan fingerprint density at radius 3 is 2.70 bits per heavy atom. The van der Waals surface area contributed by atoms with Crippen molar-refractivity contribution in [2.75, 3.05) is 17.1 Å². The molecule has 1 heterocycles. The normalized spacial score (nSPS) is 11.0. The molecular weight excluding hydrogens is 394 g/mol. The number of aromatic nitrogens is 3. The molecule has 11 heteroatoms. The molecule has 0 bridgehead atoms. The van der Waals surface area contributed by atoms with Gasteiger partial charge < -0.3 is 4.74 Å². The number of para-hydroxylation sites is 2. The SMILES string of the molecule is COc1ccccc1NS(=O)(=O)c1cc(C(=O)Nc2ncn[nH]2)ccc1Cl. The Hall–Kier alpha value is -3.11. The molecule has 0 saturated carbocycles. The van der Waals surface area contributed by atoms with Crippen LogP contribution in [0.1, 0.15) is 10.4 Å². The highest BCUT2D eigenvalue weighted by atomic mass is 35.5. The molecule has 0 fully saturated rings. The van der Waals surface area contributed by atoms with Crippen molar-refractivity contribution in [2.45, 2.75) is 4.90 Å². The Bertz CT molecular complexity index is 1070. The summed E-state index contributed by atoms with van der Waals surface area (Å²) in [6.07, 6.45) is 1.23. The lowest BCUT2D eigenvalue weighted by Gasteiger charge is -2.13. The molecule has 0 aliphatic carbocycles. The second kappa shape index (κ2) is 7.64. The average Bonchev–Trinajstić information content (AvgIpc) is 3.15. The lowest BCUT2D eigenvalue weighted by atomic mass is 10.2. The van der Waals surface area contributed by atoms with E-state index in [1.54, 1.807) is 24.3 Å². The molecule has 140 valence electrons. The zero-order valence-corrected chi connectivity index (χ0v) is 15.5. The van der Waals surface area contributed by atoms with Crippen molar-refractivity contribution in [1.82, 2.24) is 15.2 Å². The summed E-state index contributed by atoms with van der Waals surface area (Å²) < 4.78 is 33.1. The molecule has 1 aromatic heterocycles. The Labute approximate surface area is 159 Å². The molecule has 1 amide bonds. The van der Waals surface area contributed by atoms with E-state index in [4.69, 9.17) is 16.3 Å². The number of carbonyl (C=O) groups excluding carboxylic acids is 1. The summed E-state index contributed by atoms with van der Waals surface area (Å²) in [5.41, 5.74) is 0.323. The van der Waals surface area contributed by atoms with Crippen LogP contribution in [0.5, 0.6) is 5.75 Å². The van der Waals surface area contributed by atoms with Crippen LogP contribution < -0.4 is 14.8 Å². The molecule has 0 spiro atoms. The van der Waals surface area contributed by atoms with E-state index in [9.17, 15) is 13.2 Å². The molecule has 0 aliphatic rings. The first-order valence-corrected chi connectivity index (χ1v) is 9.39. The number of nitrogens with zero attached hydrogens (tertiary/aromatic N) is 2. The van der Waals surface area contributed by atoms with E-state index in [-0.39, 0.29) is 27.1 Å². The number of sulfonamides is 1. The summed E-state index contributed by atoms with van der Waals surface area (Å²) in [5.74, 6) is -0.0972. The summed E-state index contributed by atoms with van der Waals surface area (Å²) in [7, 11) is -2.65. The van der Waals surface area contributed by atoms with Crippen molar-refractivity contribution in [2.24, 2.45) is 0 Å². The van der Waals surface area contributed by atoms with Crippen molar-refractivity contribution in [1.29, 1.82) is 0 Å². The fraction of sp³-hybridized carbons (Fsp3) is 0.0625. The number of amides is 1. The minimum atomic E-state index is -4.07. The molecule has 3 rings (SSSR count). The van der Waals surface area contributed by atoms with Gasteiger partial charge in [-0.25, -0.2) is 13.5 Å². The van der Waals surface area contributed by atoms with Gasteiger partial charge in [0.25, 0.3) is 15.9 Å². The number of H-pyrrole nitrogens is 1. The van der Waals surface area contributed by atoms with Crippen LogP contribution in [-0.2, 0) is 10.0 Å². The number of anilines is 2. The lowest BCUT2D eigenvalue weighted by Crippen LogP contribution is -2.17. The van der Waals surface area contributed by atoms with Gasteiger partial charge in [0.05, 0.1) is 17.8 Å². The van der Waals surface area contributed by atoms with Gasteiger partial charge in [-0.3, -0.25) is 14.8 Å². The quantitative estimate of drug-likeness (QED) is 0.576. The fourth-order valence-electron chi connectivity index (χ4n) is 2.22. The molecule has 27 heavy (non-hydrogen) atoms. The standard InChI is InChI=1S/C16H14ClN5O4S/c1-26-13-5-3-2-4-12(13)22-27(24,25)14-8-10(6-7-11(14)17)15(23)20-16-18-9-19-21-16/h2-9,22H,1H3,(H2,18,19,20,21,23). The van der Waals surface area contributed by atoms with Gasteiger partial charge >= 0.3 is 0 Å². The van der Waals surface area contributed by atoms with E-state index < -0.39 is 15.9 Å². The van der Waals surface area contributed by atoms with Crippen molar-refractivity contribution in [3.63, 3.8) is 0 Å². The predicted molar refractivity (Wildman–Crippen MR) is 99.6 cm³/mol. The van der Waals surface area contributed by atoms with E-state index >= 15 is 0 Å². The van der Waals surface area contributed by atoms with Gasteiger partial charge in [-0.15, -0.1) is 0 Å². The fourth-order valence-corrected chi connectivity index (χ4v) is 3.82. The number of aromatic amines is 1. The highest BCUT2D eigenvalue weighted by Gasteiger charge is 2.22. The van der Waals surface area contributed by atoms with Crippen LogP contribution in [0.2, 0.25) is 5.02 Å². The van der Waals surface area contributed by atoms with Gasteiger partial charge in [0.1, 0.15) is 17.0 Å². The molecule has 3 aromatic rings. The minimum absolute atomic E-state index is 0.0337. The van der Waals surface area contributed by atoms with Crippen LogP contribution >= 0.6 is 11.6 Å². The van der Waals surface area contributed by atoms with Crippen molar-refractivity contribution >= 4 is 39.2 Å². The van der Waals surface area contributed by atoms with Gasteiger partial charge in [0.2, 0.25) is 5.95 Å². The molecular formula is C16H14ClN5O4S. The predicted octanol–water partition coefficient (Wildman–Crippen LogP) is 2.52. The van der Waals surface area contributed by atoms with Gasteiger partial charge in [0, 0.05) is 5.56 Å². The maximum Gasteiger partial charge on any atom is 0.263 e. The summed E-state index contributed by atoms with van der Waals surface area (Å²) in [4.78, 5) is 15.8. The van der Waals surface area contributed by atoms with Gasteiger partial charge in [0.15, 0.2) is 0 Å². The molecule has 0 atom stereocenters. The van der Waals surface area contributed by atoms with E-state index in [0.717, 1.165) is 0 Å². The summed E-state index contributed by atoms with van der Waals surface area (Å²) in [6.45, 7) is 0. The number of carbonyl (C=O) groups is 1. The number of hydrogen-bond donors (Lipinski definition) is 3. The van der Waals surface area contributed by atoms with Crippen LogP contribution in [0.15, 0.2) is 53.7 Å². The number of methoxy groups -OCH3 is 1. The number of nitrogens with one attached hydrogen (secondary N) is 3. The third-order valence-electron chi connectivity index (χ3n) is 3.48. The third kappa shape index (κ3) is 4.18. The summed E-state index contributed by atoms with van der Waals surface area (Å²) >= 11 is 6.06. The molecule has 0 unspecified atom stereocenters. The maximum atomic E-state index is 12.8. The zero-order valence-electron chi connectivity index (χ0n) is 13.9. The molecule has 0 radical (unpaired) electrons. The maximum absolute atomic E-state index is 12.8. The van der Waals surface area contributed by atoms with E-state index in [0.29, 0.717) is 5.75 Å². The van der Waals surface area contributed by atoms with Gasteiger partial charge in [-0.05, 0) is 30.3 Å². The lowest BCUT2D eigenvalue weighted by molar-refractivity contribution is 0.102. The summed E-state index contributed by atoms with van der Waals surface area (Å²) in [6, 6.07) is 10.4. The van der Waals surface area contributed by atoms with E-state index in [1.165, 1.54) is 31.6 Å². The highest BCUT2D eigenvalue weighted by molar-refractivity contribution is 7.92. The summed E-state index contributed by atoms with van der Waals surface area (Å²) in [5, 5.41) is 8.51. The van der Waals surface area contributed by atoms with Crippen LogP contribution in [0.25, 0.3) is 0 Å². The largest absolute Gasteiger partial charge is 0.495 e. The zero-order chi connectivity index (χ0) is 19.4. The van der Waals surface area contributed by atoms with Gasteiger partial charge in [-0.2, -0.15) is 10.1 Å². The van der Waals surface area contributed by atoms with Crippen molar-refractivity contribution < 1.29 is 17.9 Å². The first-order valence-electron chi connectivity index (χ1n) is 7.53. The smallest absolute Gasteiger partial charge is 0.263 e. The molecule has 2 aromatic carbocycles. The molecule has 0 saturated heterocycles. The Balaban J connectivity index is 1.92. The number of ether oxygens (including phenoxy) is 1. The second-order valence-corrected chi connectivity index (χ2v) is 7.30. The molecule has 3 N–H and O–H groups in total. The number of halogens is 1. The van der Waals surface area contributed by atoms with E-state index in [1.807, 2.05) is 0 Å². The Morgan fingerprint density at radius 1 is 1.22 bits per heavy atom. The van der Waals surface area contributed by atoms with Crippen LogP contribution in [0.4, 0.5) is 11.6 Å². The average molecular weight is 408 g/mol. The third-order valence-corrected chi connectivity index (χ3v) is 5.33. The molecule has 9 nitrogen and oxygen atoms in total. The number of rotatable bonds is 6. The first kappa shape index (κ1) is 18.7. The van der Waals surface area contributed by atoms with Crippen molar-refractivity contribution in [3.05, 3.63) is 59.4 Å². The van der Waals surface area contributed by atoms with E-state index in [2.05, 4.69) is 25.2 Å². The van der Waals surface area contributed by atoms with Crippen LogP contribution in [-0.4, -0.2) is 36.6 Å². The first-order chi connectivity index (χ1) is 12.9. The van der Waals surface area contributed by atoms with Crippen LogP contribution in [0.3, 0.4) is 0 Å². The minimum Gasteiger partial charge on any atom is -0.495 e. The Kier molecular flexibility index (Phi) is 5.28. The monoisotopic (exact) mass is 407 g/mol. The van der Waals surface area contributed by atoms with Crippen molar-refractivity contribution in [3.8, 4) is 5.75 Å². The Morgan fingerprint density at radius 2 is 2.00 bits per heavy atom.